The Morgan fingerprint density at radius 1 is 1.10 bits per heavy atom. The second kappa shape index (κ2) is 8.84. The molecule has 116 valence electrons. The number of esters is 1. The molecular formula is C15H21NO5. The van der Waals surface area contributed by atoms with Gasteiger partial charge in [-0.1, -0.05) is 13.3 Å². The van der Waals surface area contributed by atoms with Crippen LogP contribution in [-0.4, -0.2) is 32.7 Å². The van der Waals surface area contributed by atoms with Crippen molar-refractivity contribution in [3.8, 4) is 11.5 Å². The van der Waals surface area contributed by atoms with Gasteiger partial charge in [0.05, 0.1) is 14.2 Å². The number of rotatable bonds is 8. The van der Waals surface area contributed by atoms with E-state index >= 15 is 0 Å². The molecule has 0 aliphatic rings. The van der Waals surface area contributed by atoms with E-state index in [2.05, 4.69) is 5.32 Å². The number of benzene rings is 1. The molecule has 1 N–H and O–H groups in total. The summed E-state index contributed by atoms with van der Waals surface area (Å²) in [6.45, 7) is 1.68. The molecule has 0 aliphatic carbocycles. The summed E-state index contributed by atoms with van der Waals surface area (Å²) in [5.41, 5.74) is 0.515. The van der Waals surface area contributed by atoms with Crippen molar-refractivity contribution in [2.75, 3.05) is 26.1 Å². The van der Waals surface area contributed by atoms with E-state index in [1.54, 1.807) is 18.2 Å². The predicted octanol–water partition coefficient (Wildman–Crippen LogP) is 2.38. The van der Waals surface area contributed by atoms with Crippen molar-refractivity contribution in [3.05, 3.63) is 18.2 Å². The maximum atomic E-state index is 11.7. The third kappa shape index (κ3) is 6.16. The number of amides is 1. The molecule has 0 unspecified atom stereocenters. The van der Waals surface area contributed by atoms with E-state index in [0.717, 1.165) is 12.8 Å². The monoisotopic (exact) mass is 295 g/mol. The summed E-state index contributed by atoms with van der Waals surface area (Å²) in [7, 11) is 3.05. The van der Waals surface area contributed by atoms with Crippen molar-refractivity contribution < 1.29 is 23.8 Å². The first-order valence-electron chi connectivity index (χ1n) is 6.77. The molecule has 1 aromatic carbocycles. The van der Waals surface area contributed by atoms with E-state index in [9.17, 15) is 9.59 Å². The summed E-state index contributed by atoms with van der Waals surface area (Å²) >= 11 is 0. The fraction of sp³-hybridized carbons (Fsp3) is 0.467. The fourth-order valence-electron chi connectivity index (χ4n) is 1.62. The van der Waals surface area contributed by atoms with Crippen LogP contribution in [0, 0.1) is 0 Å². The fourth-order valence-corrected chi connectivity index (χ4v) is 1.62. The minimum atomic E-state index is -0.407. The van der Waals surface area contributed by atoms with E-state index in [1.807, 2.05) is 6.92 Å². The Morgan fingerprint density at radius 2 is 1.71 bits per heavy atom. The highest BCUT2D eigenvalue weighted by molar-refractivity contribution is 5.93. The van der Waals surface area contributed by atoms with Gasteiger partial charge in [0.25, 0.3) is 5.91 Å². The summed E-state index contributed by atoms with van der Waals surface area (Å²) < 4.78 is 15.1. The molecular weight excluding hydrogens is 274 g/mol. The van der Waals surface area contributed by atoms with E-state index in [0.29, 0.717) is 23.6 Å². The Labute approximate surface area is 124 Å². The molecule has 0 bridgehead atoms. The van der Waals surface area contributed by atoms with Crippen molar-refractivity contribution in [1.29, 1.82) is 0 Å². The average molecular weight is 295 g/mol. The smallest absolute Gasteiger partial charge is 0.306 e. The van der Waals surface area contributed by atoms with Crippen LogP contribution in [0.3, 0.4) is 0 Å². The number of unbranched alkanes of at least 4 members (excludes halogenated alkanes) is 1. The van der Waals surface area contributed by atoms with Crippen LogP contribution < -0.4 is 14.8 Å². The van der Waals surface area contributed by atoms with Crippen LogP contribution in [0.1, 0.15) is 26.2 Å². The number of ether oxygens (including phenoxy) is 3. The van der Waals surface area contributed by atoms with E-state index in [-0.39, 0.29) is 12.6 Å². The molecule has 0 atom stereocenters. The third-order valence-electron chi connectivity index (χ3n) is 2.73. The number of carbonyl (C=O) groups is 2. The molecule has 0 saturated heterocycles. The molecule has 0 aliphatic heterocycles. The van der Waals surface area contributed by atoms with E-state index < -0.39 is 5.91 Å². The lowest BCUT2D eigenvalue weighted by Crippen LogP contribution is -2.20. The number of anilines is 1. The molecule has 21 heavy (non-hydrogen) atoms. The van der Waals surface area contributed by atoms with Gasteiger partial charge in [-0.05, 0) is 6.42 Å². The number of carbonyl (C=O) groups excluding carboxylic acids is 2. The Hall–Kier alpha value is -2.24. The highest BCUT2D eigenvalue weighted by Gasteiger charge is 2.09. The zero-order chi connectivity index (χ0) is 15.7. The Morgan fingerprint density at radius 3 is 2.24 bits per heavy atom. The van der Waals surface area contributed by atoms with Crippen LogP contribution >= 0.6 is 0 Å². The van der Waals surface area contributed by atoms with Gasteiger partial charge in [0.2, 0.25) is 0 Å². The van der Waals surface area contributed by atoms with Crippen LogP contribution in [0.15, 0.2) is 18.2 Å². The van der Waals surface area contributed by atoms with Crippen molar-refractivity contribution >= 4 is 17.6 Å². The first-order chi connectivity index (χ1) is 10.1. The minimum absolute atomic E-state index is 0.303. The van der Waals surface area contributed by atoms with Gasteiger partial charge in [-0.2, -0.15) is 0 Å². The molecule has 6 nitrogen and oxygen atoms in total. The lowest BCUT2D eigenvalue weighted by molar-refractivity contribution is -0.147. The zero-order valence-electron chi connectivity index (χ0n) is 12.6. The lowest BCUT2D eigenvalue weighted by Gasteiger charge is -2.10. The van der Waals surface area contributed by atoms with Gasteiger partial charge in [0.1, 0.15) is 11.5 Å². The normalized spacial score (nSPS) is 9.86. The Balaban J connectivity index is 2.52. The SMILES string of the molecule is CCCCC(=O)OCC(=O)Nc1cc(OC)cc(OC)c1. The van der Waals surface area contributed by atoms with Crippen molar-refractivity contribution in [2.45, 2.75) is 26.2 Å². The zero-order valence-corrected chi connectivity index (χ0v) is 12.6. The Bertz CT molecular complexity index is 465. The summed E-state index contributed by atoms with van der Waals surface area (Å²) in [4.78, 5) is 23.0. The molecule has 0 saturated carbocycles. The third-order valence-corrected chi connectivity index (χ3v) is 2.73. The van der Waals surface area contributed by atoms with Gasteiger partial charge in [0, 0.05) is 30.3 Å². The van der Waals surface area contributed by atoms with Crippen LogP contribution in [0.4, 0.5) is 5.69 Å². The highest BCUT2D eigenvalue weighted by Crippen LogP contribution is 2.25. The van der Waals surface area contributed by atoms with Crippen molar-refractivity contribution in [3.63, 3.8) is 0 Å². The van der Waals surface area contributed by atoms with Gasteiger partial charge < -0.3 is 19.5 Å². The topological polar surface area (TPSA) is 73.9 Å². The summed E-state index contributed by atoms with van der Waals surface area (Å²) in [5, 5.41) is 2.63. The number of methoxy groups -OCH3 is 2. The van der Waals surface area contributed by atoms with Gasteiger partial charge >= 0.3 is 5.97 Å². The maximum absolute atomic E-state index is 11.7. The molecule has 1 aromatic rings. The molecule has 1 rings (SSSR count). The first-order valence-corrected chi connectivity index (χ1v) is 6.77. The van der Waals surface area contributed by atoms with Gasteiger partial charge in [0.15, 0.2) is 6.61 Å². The second-order valence-electron chi connectivity index (χ2n) is 4.41. The molecule has 6 heteroatoms. The molecule has 1 amide bonds. The lowest BCUT2D eigenvalue weighted by atomic mass is 10.2. The largest absolute Gasteiger partial charge is 0.497 e. The highest BCUT2D eigenvalue weighted by atomic mass is 16.5. The molecule has 0 heterocycles. The Kier molecular flexibility index (Phi) is 7.08. The van der Waals surface area contributed by atoms with E-state index in [1.165, 1.54) is 14.2 Å². The van der Waals surface area contributed by atoms with E-state index in [4.69, 9.17) is 14.2 Å². The summed E-state index contributed by atoms with van der Waals surface area (Å²) in [6.07, 6.45) is 2.00. The molecule has 0 spiro atoms. The molecule has 0 fully saturated rings. The van der Waals surface area contributed by atoms with Gasteiger partial charge in [-0.15, -0.1) is 0 Å². The van der Waals surface area contributed by atoms with Crippen LogP contribution in [0.5, 0.6) is 11.5 Å². The molecule has 0 aromatic heterocycles. The van der Waals surface area contributed by atoms with Gasteiger partial charge in [-0.3, -0.25) is 9.59 Å². The van der Waals surface area contributed by atoms with Crippen LogP contribution in [0.25, 0.3) is 0 Å². The average Bonchev–Trinajstić information content (AvgIpc) is 2.50. The van der Waals surface area contributed by atoms with Crippen LogP contribution in [0.2, 0.25) is 0 Å². The first kappa shape index (κ1) is 16.8. The summed E-state index contributed by atoms with van der Waals surface area (Å²) in [5.74, 6) is 0.347. The second-order valence-corrected chi connectivity index (χ2v) is 4.41. The predicted molar refractivity (Wildman–Crippen MR) is 78.7 cm³/mol. The number of nitrogens with one attached hydrogen (secondary N) is 1. The standard InChI is InChI=1S/C15H21NO5/c1-4-5-6-15(18)21-10-14(17)16-11-7-12(19-2)9-13(8-11)20-3/h7-9H,4-6,10H2,1-3H3,(H,16,17). The summed E-state index contributed by atoms with van der Waals surface area (Å²) in [6, 6.07) is 5.00. The van der Waals surface area contributed by atoms with Crippen LogP contribution in [-0.2, 0) is 14.3 Å². The minimum Gasteiger partial charge on any atom is -0.497 e. The number of hydrogen-bond donors (Lipinski definition) is 1. The molecule has 0 radical (unpaired) electrons. The van der Waals surface area contributed by atoms with Crippen molar-refractivity contribution in [1.82, 2.24) is 0 Å². The van der Waals surface area contributed by atoms with Gasteiger partial charge in [-0.25, -0.2) is 0 Å². The number of hydrogen-bond acceptors (Lipinski definition) is 5. The van der Waals surface area contributed by atoms with Crippen molar-refractivity contribution in [2.24, 2.45) is 0 Å². The maximum Gasteiger partial charge on any atom is 0.306 e. The quantitative estimate of drug-likeness (QED) is 0.745.